The second-order valence-corrected chi connectivity index (χ2v) is 15.2. The van der Waals surface area contributed by atoms with Gasteiger partial charge in [-0.25, -0.2) is 9.59 Å². The summed E-state index contributed by atoms with van der Waals surface area (Å²) in [5.74, 6) is -0.362. The quantitative estimate of drug-likeness (QED) is 0.0680. The van der Waals surface area contributed by atoms with Gasteiger partial charge >= 0.3 is 12.2 Å². The second kappa shape index (κ2) is 21.4. The molecule has 2 N–H and O–H groups in total. The van der Waals surface area contributed by atoms with Gasteiger partial charge in [0.1, 0.15) is 18.2 Å². The lowest BCUT2D eigenvalue weighted by Gasteiger charge is -2.32. The SMILES string of the molecule is CCOC(CN(CCC(c1ccccc1)c1ccccc1)C(=O)C(CCCCNC(=O)OC(C)(C)C)NC(=O)OCC1c2ccccc2-c2ccccc21)OCC. The van der Waals surface area contributed by atoms with Crippen LogP contribution in [0.1, 0.15) is 94.4 Å². The molecule has 57 heavy (non-hydrogen) atoms. The van der Waals surface area contributed by atoms with Crippen molar-refractivity contribution in [3.05, 3.63) is 131 Å². The number of carbonyl (C=O) groups is 3. The summed E-state index contributed by atoms with van der Waals surface area (Å²) in [6.07, 6.45) is 0.249. The topological polar surface area (TPSA) is 115 Å². The zero-order chi connectivity index (χ0) is 40.6. The van der Waals surface area contributed by atoms with Crippen LogP contribution in [0.15, 0.2) is 109 Å². The highest BCUT2D eigenvalue weighted by atomic mass is 16.7. The van der Waals surface area contributed by atoms with Crippen LogP contribution in [0, 0.1) is 0 Å². The van der Waals surface area contributed by atoms with Crippen LogP contribution < -0.4 is 10.6 Å². The molecule has 0 aromatic heterocycles. The number of unbranched alkanes of at least 4 members (excludes halogenated alkanes) is 1. The Morgan fingerprint density at radius 2 is 1.25 bits per heavy atom. The van der Waals surface area contributed by atoms with Crippen molar-refractivity contribution >= 4 is 18.1 Å². The molecule has 0 saturated heterocycles. The van der Waals surface area contributed by atoms with Gasteiger partial charge in [-0.3, -0.25) is 4.79 Å². The average Bonchev–Trinajstić information content (AvgIpc) is 3.52. The highest BCUT2D eigenvalue weighted by molar-refractivity contribution is 5.86. The maximum Gasteiger partial charge on any atom is 0.407 e. The number of benzene rings is 4. The first-order chi connectivity index (χ1) is 27.6. The first-order valence-corrected chi connectivity index (χ1v) is 20.3. The molecule has 0 bridgehead atoms. The van der Waals surface area contributed by atoms with Crippen LogP contribution in [-0.4, -0.2) is 80.4 Å². The Labute approximate surface area is 338 Å². The summed E-state index contributed by atoms with van der Waals surface area (Å²) < 4.78 is 23.2. The highest BCUT2D eigenvalue weighted by Crippen LogP contribution is 2.44. The minimum absolute atomic E-state index is 0.0211. The smallest absolute Gasteiger partial charge is 0.407 e. The molecule has 1 aliphatic carbocycles. The van der Waals surface area contributed by atoms with Crippen molar-refractivity contribution in [2.45, 2.75) is 90.1 Å². The fraction of sp³-hybridized carbons (Fsp3) is 0.426. The number of rotatable bonds is 20. The third-order valence-electron chi connectivity index (χ3n) is 10.00. The number of hydrogen-bond donors (Lipinski definition) is 2. The Hall–Kier alpha value is -5.19. The molecule has 1 aliphatic rings. The molecular weight excluding hydrogens is 719 g/mol. The first kappa shape index (κ1) is 42.9. The number of hydrogen-bond acceptors (Lipinski definition) is 7. The van der Waals surface area contributed by atoms with E-state index in [4.69, 9.17) is 18.9 Å². The molecule has 0 fully saturated rings. The Morgan fingerprint density at radius 3 is 1.79 bits per heavy atom. The van der Waals surface area contributed by atoms with Crippen molar-refractivity contribution in [1.29, 1.82) is 0 Å². The molecule has 0 saturated carbocycles. The summed E-state index contributed by atoms with van der Waals surface area (Å²) in [5.41, 5.74) is 6.15. The lowest BCUT2D eigenvalue weighted by molar-refractivity contribution is -0.160. The number of alkyl carbamates (subject to hydrolysis) is 2. The molecule has 1 atom stereocenters. The lowest BCUT2D eigenvalue weighted by atomic mass is 9.88. The number of fused-ring (bicyclic) bond motifs is 3. The second-order valence-electron chi connectivity index (χ2n) is 15.2. The van der Waals surface area contributed by atoms with Crippen molar-refractivity contribution in [2.75, 3.05) is 39.5 Å². The van der Waals surface area contributed by atoms with E-state index in [1.165, 1.54) is 0 Å². The number of ether oxygens (including phenoxy) is 4. The van der Waals surface area contributed by atoms with Gasteiger partial charge < -0.3 is 34.5 Å². The molecule has 10 nitrogen and oxygen atoms in total. The van der Waals surface area contributed by atoms with Gasteiger partial charge in [0, 0.05) is 38.1 Å². The number of carbonyl (C=O) groups excluding carboxylic acids is 3. The molecule has 4 aromatic rings. The van der Waals surface area contributed by atoms with Crippen LogP contribution in [0.5, 0.6) is 0 Å². The predicted molar refractivity (Wildman–Crippen MR) is 223 cm³/mol. The van der Waals surface area contributed by atoms with E-state index >= 15 is 0 Å². The van der Waals surface area contributed by atoms with Crippen LogP contribution in [-0.2, 0) is 23.7 Å². The number of nitrogens with one attached hydrogen (secondary N) is 2. The van der Waals surface area contributed by atoms with E-state index < -0.39 is 30.1 Å². The average molecular weight is 778 g/mol. The largest absolute Gasteiger partial charge is 0.449 e. The Balaban J connectivity index is 1.35. The van der Waals surface area contributed by atoms with Crippen LogP contribution in [0.2, 0.25) is 0 Å². The van der Waals surface area contributed by atoms with E-state index in [0.29, 0.717) is 52.0 Å². The summed E-state index contributed by atoms with van der Waals surface area (Å²) in [6.45, 7) is 11.1. The molecule has 0 radical (unpaired) electrons. The molecule has 1 unspecified atom stereocenters. The van der Waals surface area contributed by atoms with Gasteiger partial charge in [0.2, 0.25) is 5.91 Å². The van der Waals surface area contributed by atoms with Crippen molar-refractivity contribution in [1.82, 2.24) is 15.5 Å². The summed E-state index contributed by atoms with van der Waals surface area (Å²) in [4.78, 5) is 42.5. The number of amides is 3. The lowest BCUT2D eigenvalue weighted by Crippen LogP contribution is -2.51. The minimum Gasteiger partial charge on any atom is -0.449 e. The Kier molecular flexibility index (Phi) is 16.1. The third-order valence-corrected chi connectivity index (χ3v) is 10.00. The van der Waals surface area contributed by atoms with Crippen molar-refractivity contribution < 1.29 is 33.3 Å². The summed E-state index contributed by atoms with van der Waals surface area (Å²) >= 11 is 0. The van der Waals surface area contributed by atoms with E-state index in [1.807, 2.05) is 95.3 Å². The summed E-state index contributed by atoms with van der Waals surface area (Å²) in [7, 11) is 0. The standard InChI is InChI=1S/C47H59N3O7/c1-6-54-43(55-7-2)32-50(31-29-36(34-20-10-8-11-21-34)35-22-12-9-13-23-35)44(51)42(28-18-19-30-48-45(52)57-47(3,4)5)49-46(53)56-33-41-39-26-16-14-24-37(39)38-25-15-17-27-40(38)41/h8-17,20-27,36,41-43H,6-7,18-19,28-33H2,1-5H3,(H,48,52)(H,49,53). The van der Waals surface area contributed by atoms with Crippen LogP contribution in [0.25, 0.3) is 11.1 Å². The fourth-order valence-corrected chi connectivity index (χ4v) is 7.42. The molecule has 5 rings (SSSR count). The van der Waals surface area contributed by atoms with Gasteiger partial charge in [-0.05, 0) is 93.7 Å². The van der Waals surface area contributed by atoms with E-state index in [2.05, 4.69) is 59.2 Å². The molecule has 3 amide bonds. The molecule has 4 aromatic carbocycles. The van der Waals surface area contributed by atoms with Gasteiger partial charge in [-0.1, -0.05) is 109 Å². The third kappa shape index (κ3) is 12.7. The maximum absolute atomic E-state index is 14.8. The molecule has 0 heterocycles. The highest BCUT2D eigenvalue weighted by Gasteiger charge is 2.32. The molecular formula is C47H59N3O7. The van der Waals surface area contributed by atoms with E-state index in [9.17, 15) is 14.4 Å². The maximum atomic E-state index is 14.8. The van der Waals surface area contributed by atoms with Crippen LogP contribution in [0.4, 0.5) is 9.59 Å². The predicted octanol–water partition coefficient (Wildman–Crippen LogP) is 9.04. The Bertz CT molecular complexity index is 1770. The van der Waals surface area contributed by atoms with Gasteiger partial charge in [0.25, 0.3) is 0 Å². The van der Waals surface area contributed by atoms with Crippen LogP contribution >= 0.6 is 0 Å². The van der Waals surface area contributed by atoms with Gasteiger partial charge in [0.05, 0.1) is 6.54 Å². The van der Waals surface area contributed by atoms with Crippen molar-refractivity contribution in [2.24, 2.45) is 0 Å². The minimum atomic E-state index is -0.905. The number of nitrogens with zero attached hydrogens (tertiary/aromatic N) is 1. The van der Waals surface area contributed by atoms with Crippen LogP contribution in [0.3, 0.4) is 0 Å². The van der Waals surface area contributed by atoms with Gasteiger partial charge in [-0.2, -0.15) is 0 Å². The Morgan fingerprint density at radius 1 is 0.702 bits per heavy atom. The van der Waals surface area contributed by atoms with E-state index in [-0.39, 0.29) is 30.9 Å². The molecule has 0 spiro atoms. The zero-order valence-corrected chi connectivity index (χ0v) is 34.1. The van der Waals surface area contributed by atoms with Crippen molar-refractivity contribution in [3.8, 4) is 11.1 Å². The molecule has 10 heteroatoms. The summed E-state index contributed by atoms with van der Waals surface area (Å²) in [6, 6.07) is 36.0. The monoisotopic (exact) mass is 777 g/mol. The van der Waals surface area contributed by atoms with E-state index in [1.54, 1.807) is 4.90 Å². The normalized spacial score (nSPS) is 12.8. The summed E-state index contributed by atoms with van der Waals surface area (Å²) in [5, 5.41) is 5.73. The molecule has 304 valence electrons. The van der Waals surface area contributed by atoms with Crippen molar-refractivity contribution in [3.63, 3.8) is 0 Å². The van der Waals surface area contributed by atoms with Gasteiger partial charge in [-0.15, -0.1) is 0 Å². The molecule has 0 aliphatic heterocycles. The first-order valence-electron chi connectivity index (χ1n) is 20.3. The zero-order valence-electron chi connectivity index (χ0n) is 34.1. The fourth-order valence-electron chi connectivity index (χ4n) is 7.42. The van der Waals surface area contributed by atoms with E-state index in [0.717, 1.165) is 33.4 Å². The van der Waals surface area contributed by atoms with Gasteiger partial charge in [0.15, 0.2) is 6.29 Å².